The molecule has 44 heavy (non-hydrogen) atoms. The van der Waals surface area contributed by atoms with Crippen LogP contribution < -0.4 is 9.80 Å². The van der Waals surface area contributed by atoms with E-state index in [0.29, 0.717) is 5.75 Å². The minimum absolute atomic E-state index is 0.00887. The summed E-state index contributed by atoms with van der Waals surface area (Å²) in [7, 11) is 8.29. The van der Waals surface area contributed by atoms with Crippen molar-refractivity contribution < 1.29 is 5.11 Å². The molecule has 2 saturated carbocycles. The number of aromatic nitrogens is 1. The molecule has 0 unspecified atom stereocenters. The molecule has 1 heterocycles. The Balaban J connectivity index is 1.54. The van der Waals surface area contributed by atoms with Crippen molar-refractivity contribution in [3.05, 3.63) is 71.8 Å². The van der Waals surface area contributed by atoms with Crippen molar-refractivity contribution in [2.45, 2.75) is 88.9 Å². The molecule has 0 amide bonds. The van der Waals surface area contributed by atoms with Gasteiger partial charge in [0.1, 0.15) is 10.8 Å². The molecule has 1 aromatic heterocycles. The van der Waals surface area contributed by atoms with Gasteiger partial charge < -0.3 is 14.9 Å². The highest BCUT2D eigenvalue weighted by Crippen LogP contribution is 2.51. The summed E-state index contributed by atoms with van der Waals surface area (Å²) in [5, 5.41) is 13.1. The molecule has 1 N–H and O–H groups in total. The third-order valence-electron chi connectivity index (χ3n) is 10.5. The van der Waals surface area contributed by atoms with Crippen LogP contribution in [0.5, 0.6) is 5.75 Å². The Morgan fingerprint density at radius 1 is 0.659 bits per heavy atom. The Kier molecular flexibility index (Phi) is 8.54. The van der Waals surface area contributed by atoms with Crippen LogP contribution in [0.2, 0.25) is 0 Å². The van der Waals surface area contributed by atoms with Crippen molar-refractivity contribution >= 4 is 22.7 Å². The fourth-order valence-electron chi connectivity index (χ4n) is 7.48. The normalized spacial score (nSPS) is 17.8. The van der Waals surface area contributed by atoms with Gasteiger partial charge >= 0.3 is 0 Å². The minimum atomic E-state index is -0.00887. The van der Waals surface area contributed by atoms with Crippen molar-refractivity contribution in [3.8, 4) is 38.0 Å². The first-order valence-corrected chi connectivity index (χ1v) is 17.3. The molecule has 232 valence electrons. The summed E-state index contributed by atoms with van der Waals surface area (Å²) in [6.45, 7) is 4.84. The van der Waals surface area contributed by atoms with Gasteiger partial charge in [-0.2, -0.15) is 0 Å². The molecular formula is C39H49N3OS. The van der Waals surface area contributed by atoms with E-state index in [2.05, 4.69) is 113 Å². The number of thiazole rings is 1. The lowest BCUT2D eigenvalue weighted by Crippen LogP contribution is -2.28. The monoisotopic (exact) mass is 607 g/mol. The smallest absolute Gasteiger partial charge is 0.129 e. The van der Waals surface area contributed by atoms with Crippen LogP contribution in [-0.2, 0) is 10.8 Å². The Bertz CT molecular complexity index is 1520. The number of phenols is 1. The van der Waals surface area contributed by atoms with E-state index in [1.54, 1.807) is 11.3 Å². The summed E-state index contributed by atoms with van der Waals surface area (Å²) < 4.78 is 0. The second-order valence-electron chi connectivity index (χ2n) is 14.2. The zero-order valence-electron chi connectivity index (χ0n) is 27.5. The van der Waals surface area contributed by atoms with Gasteiger partial charge in [0.15, 0.2) is 0 Å². The van der Waals surface area contributed by atoms with Gasteiger partial charge in [-0.25, -0.2) is 4.98 Å². The SMILES string of the molecule is CN(C)c1ccc(-c2nc(-c3cc(C4(C)CCCCC4)cc(C4(C)CCCCC4)c3O)sc2-c2ccc(N(C)C)cc2)cc1. The van der Waals surface area contributed by atoms with Gasteiger partial charge in [-0.1, -0.05) is 82.7 Å². The van der Waals surface area contributed by atoms with Crippen molar-refractivity contribution in [1.29, 1.82) is 0 Å². The summed E-state index contributed by atoms with van der Waals surface area (Å²) in [6, 6.07) is 22.2. The molecule has 5 heteroatoms. The van der Waals surface area contributed by atoms with Gasteiger partial charge in [0.05, 0.1) is 16.1 Å². The van der Waals surface area contributed by atoms with Crippen LogP contribution in [0.4, 0.5) is 11.4 Å². The average molecular weight is 608 g/mol. The zero-order chi connectivity index (χ0) is 31.1. The molecule has 0 aliphatic heterocycles. The highest BCUT2D eigenvalue weighted by molar-refractivity contribution is 7.19. The Morgan fingerprint density at radius 3 is 1.68 bits per heavy atom. The quantitative estimate of drug-likeness (QED) is 0.227. The lowest BCUT2D eigenvalue weighted by molar-refractivity contribution is 0.302. The number of aromatic hydroxyl groups is 1. The first kappa shape index (κ1) is 30.7. The summed E-state index contributed by atoms with van der Waals surface area (Å²) in [4.78, 5) is 10.8. The molecule has 0 spiro atoms. The third-order valence-corrected chi connectivity index (χ3v) is 11.7. The molecule has 4 aromatic rings. The second-order valence-corrected chi connectivity index (χ2v) is 15.2. The molecule has 0 atom stereocenters. The van der Waals surface area contributed by atoms with Gasteiger partial charge in [-0.15, -0.1) is 11.3 Å². The minimum Gasteiger partial charge on any atom is -0.507 e. The molecule has 6 rings (SSSR count). The second kappa shape index (κ2) is 12.2. The maximum atomic E-state index is 12.2. The topological polar surface area (TPSA) is 39.6 Å². The fraction of sp³-hybridized carbons (Fsp3) is 0.462. The average Bonchev–Trinajstić information content (AvgIpc) is 3.47. The molecule has 3 aromatic carbocycles. The summed E-state index contributed by atoms with van der Waals surface area (Å²) in [5.41, 5.74) is 9.12. The van der Waals surface area contributed by atoms with Crippen LogP contribution in [0.1, 0.15) is 89.2 Å². The first-order chi connectivity index (χ1) is 21.1. The fourth-order valence-corrected chi connectivity index (χ4v) is 8.59. The number of rotatable bonds is 7. The van der Waals surface area contributed by atoms with E-state index in [-0.39, 0.29) is 10.8 Å². The largest absolute Gasteiger partial charge is 0.507 e. The van der Waals surface area contributed by atoms with Crippen molar-refractivity contribution in [3.63, 3.8) is 0 Å². The van der Waals surface area contributed by atoms with Gasteiger partial charge in [-0.3, -0.25) is 0 Å². The van der Waals surface area contributed by atoms with Crippen molar-refractivity contribution in [1.82, 2.24) is 4.98 Å². The van der Waals surface area contributed by atoms with Crippen LogP contribution in [0.15, 0.2) is 60.7 Å². The van der Waals surface area contributed by atoms with Crippen LogP contribution in [0.3, 0.4) is 0 Å². The van der Waals surface area contributed by atoms with Crippen LogP contribution in [-0.4, -0.2) is 38.3 Å². The lowest BCUT2D eigenvalue weighted by atomic mass is 9.66. The lowest BCUT2D eigenvalue weighted by Gasteiger charge is -2.38. The molecule has 4 nitrogen and oxygen atoms in total. The molecule has 2 aliphatic carbocycles. The number of phenolic OH excluding ortho intramolecular Hbond substituents is 1. The number of benzene rings is 3. The summed E-state index contributed by atoms with van der Waals surface area (Å²) >= 11 is 1.71. The maximum absolute atomic E-state index is 12.2. The Labute approximate surface area is 268 Å². The van der Waals surface area contributed by atoms with Crippen LogP contribution >= 0.6 is 11.3 Å². The van der Waals surface area contributed by atoms with Crippen molar-refractivity contribution in [2.24, 2.45) is 0 Å². The molecule has 2 fully saturated rings. The Hall–Kier alpha value is -3.31. The molecule has 0 saturated heterocycles. The Morgan fingerprint density at radius 2 is 1.16 bits per heavy atom. The maximum Gasteiger partial charge on any atom is 0.129 e. The van der Waals surface area contributed by atoms with Crippen molar-refractivity contribution in [2.75, 3.05) is 38.0 Å². The standard InChI is InChI=1S/C39H49N3OS/c1-38(21-9-7-10-22-38)29-25-32(35(43)33(26-29)39(2)23-11-8-12-24-39)37-40-34(27-13-17-30(18-14-27)41(3)4)36(44-37)28-15-19-31(20-16-28)42(5)6/h13-20,25-26,43H,7-12,21-24H2,1-6H3. The van der Waals surface area contributed by atoms with E-state index >= 15 is 0 Å². The van der Waals surface area contributed by atoms with E-state index in [4.69, 9.17) is 4.98 Å². The number of hydrogen-bond donors (Lipinski definition) is 1. The van der Waals surface area contributed by atoms with Gasteiger partial charge in [0.25, 0.3) is 0 Å². The van der Waals surface area contributed by atoms with Crippen LogP contribution in [0, 0.1) is 0 Å². The molecule has 2 aliphatic rings. The molecule has 0 radical (unpaired) electrons. The van der Waals surface area contributed by atoms with E-state index < -0.39 is 0 Å². The third kappa shape index (κ3) is 5.88. The van der Waals surface area contributed by atoms with Crippen LogP contribution in [0.25, 0.3) is 32.3 Å². The number of nitrogens with zero attached hydrogens (tertiary/aromatic N) is 3. The number of hydrogen-bond acceptors (Lipinski definition) is 5. The van der Waals surface area contributed by atoms with E-state index in [9.17, 15) is 5.11 Å². The number of anilines is 2. The highest BCUT2D eigenvalue weighted by atomic mass is 32.1. The first-order valence-electron chi connectivity index (χ1n) is 16.5. The van der Waals surface area contributed by atoms with E-state index in [1.807, 2.05) is 0 Å². The molecule has 0 bridgehead atoms. The van der Waals surface area contributed by atoms with Gasteiger partial charge in [0.2, 0.25) is 0 Å². The summed E-state index contributed by atoms with van der Waals surface area (Å²) in [5.74, 6) is 0.440. The molecular weight excluding hydrogens is 559 g/mol. The van der Waals surface area contributed by atoms with E-state index in [0.717, 1.165) is 56.4 Å². The van der Waals surface area contributed by atoms with E-state index in [1.165, 1.54) is 62.6 Å². The predicted molar refractivity (Wildman–Crippen MR) is 190 cm³/mol. The zero-order valence-corrected chi connectivity index (χ0v) is 28.4. The van der Waals surface area contributed by atoms with Gasteiger partial charge in [0, 0.05) is 50.7 Å². The highest BCUT2D eigenvalue weighted by Gasteiger charge is 2.36. The van der Waals surface area contributed by atoms with Gasteiger partial charge in [-0.05, 0) is 78.0 Å². The predicted octanol–water partition coefficient (Wildman–Crippen LogP) is 10.4. The summed E-state index contributed by atoms with van der Waals surface area (Å²) in [6.07, 6.45) is 12.3.